The lowest BCUT2D eigenvalue weighted by Crippen LogP contribution is -2.21. The third kappa shape index (κ3) is 5.34. The number of carboxylic acid groups (broad SMARTS) is 1. The number of carbonyl (C=O) groups is 1. The summed E-state index contributed by atoms with van der Waals surface area (Å²) in [5, 5.41) is 10.5. The van der Waals surface area contributed by atoms with Gasteiger partial charge in [0.1, 0.15) is 0 Å². The second kappa shape index (κ2) is 6.60. The van der Waals surface area contributed by atoms with Crippen LogP contribution in [-0.2, 0) is 12.6 Å². The van der Waals surface area contributed by atoms with E-state index in [2.05, 4.69) is 10.3 Å². The van der Waals surface area contributed by atoms with Crippen LogP contribution in [0.5, 0.6) is 0 Å². The molecule has 106 valence electrons. The molecule has 0 spiro atoms. The lowest BCUT2D eigenvalue weighted by Gasteiger charge is -2.09. The molecule has 8 heteroatoms. The molecule has 1 aromatic heterocycles. The molecule has 0 aromatic carbocycles. The summed E-state index contributed by atoms with van der Waals surface area (Å²) < 4.78 is 37.1. The van der Waals surface area contributed by atoms with E-state index in [0.717, 1.165) is 12.3 Å². The van der Waals surface area contributed by atoms with Gasteiger partial charge in [-0.3, -0.25) is 4.98 Å². The predicted octanol–water partition coefficient (Wildman–Crippen LogP) is 3.34. The molecule has 0 fully saturated rings. The summed E-state index contributed by atoms with van der Waals surface area (Å²) in [6.45, 7) is 0.285. The van der Waals surface area contributed by atoms with Gasteiger partial charge >= 0.3 is 12.3 Å². The molecule has 0 radical (unpaired) electrons. The van der Waals surface area contributed by atoms with Gasteiger partial charge in [0, 0.05) is 12.7 Å². The van der Waals surface area contributed by atoms with Gasteiger partial charge < -0.3 is 10.4 Å². The van der Waals surface area contributed by atoms with Crippen LogP contribution in [0.15, 0.2) is 12.3 Å². The Morgan fingerprint density at radius 3 is 2.63 bits per heavy atom. The minimum Gasteiger partial charge on any atom is -0.465 e. The standard InChI is InChI=1S/C11H12ClF3N2O2/c12-8-5-7(11(13,14)15)6-17-9(8)3-1-2-4-16-10(18)19/h5-6,16H,1-4H2,(H,18,19). The van der Waals surface area contributed by atoms with Crippen molar-refractivity contribution in [1.82, 2.24) is 10.3 Å². The fraction of sp³-hybridized carbons (Fsp3) is 0.455. The number of unbranched alkanes of at least 4 members (excludes halogenated alkanes) is 1. The number of alkyl halides is 3. The molecule has 0 bridgehead atoms. The number of nitrogens with one attached hydrogen (secondary N) is 1. The summed E-state index contributed by atoms with van der Waals surface area (Å²) in [6.07, 6.45) is -3.27. The minimum atomic E-state index is -4.46. The number of amides is 1. The summed E-state index contributed by atoms with van der Waals surface area (Å²) in [4.78, 5) is 13.9. The fourth-order valence-electron chi connectivity index (χ4n) is 1.42. The van der Waals surface area contributed by atoms with E-state index in [1.165, 1.54) is 0 Å². The SMILES string of the molecule is O=C(O)NCCCCc1ncc(C(F)(F)F)cc1Cl. The minimum absolute atomic E-state index is 0.0268. The topological polar surface area (TPSA) is 62.2 Å². The maximum atomic E-state index is 12.4. The van der Waals surface area contributed by atoms with Crippen molar-refractivity contribution in [1.29, 1.82) is 0 Å². The average Bonchev–Trinajstić information content (AvgIpc) is 2.28. The average molecular weight is 297 g/mol. The third-order valence-electron chi connectivity index (χ3n) is 2.36. The largest absolute Gasteiger partial charge is 0.465 e. The second-order valence-electron chi connectivity index (χ2n) is 3.84. The van der Waals surface area contributed by atoms with Gasteiger partial charge in [-0.15, -0.1) is 0 Å². The van der Waals surface area contributed by atoms with Crippen LogP contribution in [0.3, 0.4) is 0 Å². The Balaban J connectivity index is 2.49. The molecule has 0 unspecified atom stereocenters. The smallest absolute Gasteiger partial charge is 0.417 e. The first-order valence-electron chi connectivity index (χ1n) is 5.49. The second-order valence-corrected chi connectivity index (χ2v) is 4.25. The number of aryl methyl sites for hydroxylation is 1. The van der Waals surface area contributed by atoms with Crippen molar-refractivity contribution in [3.63, 3.8) is 0 Å². The summed E-state index contributed by atoms with van der Waals surface area (Å²) in [7, 11) is 0. The zero-order valence-corrected chi connectivity index (χ0v) is 10.6. The summed E-state index contributed by atoms with van der Waals surface area (Å²) in [6, 6.07) is 0.847. The Morgan fingerprint density at radius 1 is 1.42 bits per heavy atom. The molecule has 0 saturated carbocycles. The highest BCUT2D eigenvalue weighted by molar-refractivity contribution is 6.31. The first-order valence-corrected chi connectivity index (χ1v) is 5.87. The number of halogens is 4. The van der Waals surface area contributed by atoms with Crippen molar-refractivity contribution < 1.29 is 23.1 Å². The highest BCUT2D eigenvalue weighted by Crippen LogP contribution is 2.31. The van der Waals surface area contributed by atoms with Gasteiger partial charge in [0.25, 0.3) is 0 Å². The molecule has 1 heterocycles. The summed E-state index contributed by atoms with van der Waals surface area (Å²) in [5.41, 5.74) is -0.501. The van der Waals surface area contributed by atoms with E-state index < -0.39 is 17.8 Å². The molecule has 1 aromatic rings. The fourth-order valence-corrected chi connectivity index (χ4v) is 1.68. The molecule has 1 rings (SSSR count). The Bertz CT molecular complexity index is 452. The van der Waals surface area contributed by atoms with Crippen molar-refractivity contribution in [2.45, 2.75) is 25.4 Å². The van der Waals surface area contributed by atoms with Gasteiger partial charge in [0.05, 0.1) is 16.3 Å². The van der Waals surface area contributed by atoms with Gasteiger partial charge in [0.2, 0.25) is 0 Å². The van der Waals surface area contributed by atoms with Crippen molar-refractivity contribution >= 4 is 17.7 Å². The van der Waals surface area contributed by atoms with Crippen LogP contribution < -0.4 is 5.32 Å². The highest BCUT2D eigenvalue weighted by atomic mass is 35.5. The van der Waals surface area contributed by atoms with Crippen molar-refractivity contribution in [3.05, 3.63) is 28.5 Å². The number of rotatable bonds is 5. The van der Waals surface area contributed by atoms with Crippen LogP contribution in [0.4, 0.5) is 18.0 Å². The van der Waals surface area contributed by atoms with E-state index in [0.29, 0.717) is 25.0 Å². The van der Waals surface area contributed by atoms with E-state index in [9.17, 15) is 18.0 Å². The Hall–Kier alpha value is -1.50. The molecule has 1 amide bonds. The van der Waals surface area contributed by atoms with E-state index >= 15 is 0 Å². The molecule has 4 nitrogen and oxygen atoms in total. The molecule has 0 aliphatic carbocycles. The van der Waals surface area contributed by atoms with Gasteiger partial charge in [-0.25, -0.2) is 4.79 Å². The van der Waals surface area contributed by atoms with Crippen molar-refractivity contribution in [2.75, 3.05) is 6.54 Å². The maximum absolute atomic E-state index is 12.4. The monoisotopic (exact) mass is 296 g/mol. The van der Waals surface area contributed by atoms with Crippen molar-refractivity contribution in [3.8, 4) is 0 Å². The molecule has 19 heavy (non-hydrogen) atoms. The quantitative estimate of drug-likeness (QED) is 0.819. The van der Waals surface area contributed by atoms with Crippen LogP contribution in [0, 0.1) is 0 Å². The first-order chi connectivity index (χ1) is 8.80. The van der Waals surface area contributed by atoms with E-state index in [-0.39, 0.29) is 11.6 Å². The van der Waals surface area contributed by atoms with Crippen LogP contribution >= 0.6 is 11.6 Å². The molecule has 0 aliphatic rings. The van der Waals surface area contributed by atoms with Crippen LogP contribution in [0.2, 0.25) is 5.02 Å². The molecular weight excluding hydrogens is 285 g/mol. The van der Waals surface area contributed by atoms with Gasteiger partial charge in [-0.05, 0) is 25.3 Å². The molecule has 0 atom stereocenters. The Kier molecular flexibility index (Phi) is 5.41. The lowest BCUT2D eigenvalue weighted by molar-refractivity contribution is -0.137. The maximum Gasteiger partial charge on any atom is 0.417 e. The van der Waals surface area contributed by atoms with Crippen LogP contribution in [0.25, 0.3) is 0 Å². The number of nitrogens with zero attached hydrogens (tertiary/aromatic N) is 1. The third-order valence-corrected chi connectivity index (χ3v) is 2.69. The van der Waals surface area contributed by atoms with Gasteiger partial charge in [0.15, 0.2) is 0 Å². The number of pyridine rings is 1. The Morgan fingerprint density at radius 2 is 2.11 bits per heavy atom. The van der Waals surface area contributed by atoms with Gasteiger partial charge in [-0.1, -0.05) is 11.6 Å². The van der Waals surface area contributed by atoms with Crippen molar-refractivity contribution in [2.24, 2.45) is 0 Å². The highest BCUT2D eigenvalue weighted by Gasteiger charge is 2.31. The first kappa shape index (κ1) is 15.6. The van der Waals surface area contributed by atoms with Gasteiger partial charge in [-0.2, -0.15) is 13.2 Å². The molecular formula is C11H12ClF3N2O2. The zero-order chi connectivity index (χ0) is 14.5. The Labute approximate surface area is 112 Å². The predicted molar refractivity (Wildman–Crippen MR) is 63.2 cm³/mol. The summed E-state index contributed by atoms with van der Waals surface area (Å²) >= 11 is 5.73. The number of aromatic nitrogens is 1. The van der Waals surface area contributed by atoms with E-state index in [4.69, 9.17) is 16.7 Å². The van der Waals surface area contributed by atoms with Crippen LogP contribution in [0.1, 0.15) is 24.1 Å². The number of hydrogen-bond donors (Lipinski definition) is 2. The molecule has 0 aliphatic heterocycles. The zero-order valence-electron chi connectivity index (χ0n) is 9.80. The van der Waals surface area contributed by atoms with E-state index in [1.54, 1.807) is 0 Å². The normalized spacial score (nSPS) is 11.4. The molecule has 0 saturated heterocycles. The lowest BCUT2D eigenvalue weighted by atomic mass is 10.1. The number of hydrogen-bond acceptors (Lipinski definition) is 2. The summed E-state index contributed by atoms with van der Waals surface area (Å²) in [5.74, 6) is 0. The van der Waals surface area contributed by atoms with Crippen LogP contribution in [-0.4, -0.2) is 22.7 Å². The molecule has 2 N–H and O–H groups in total. The van der Waals surface area contributed by atoms with E-state index in [1.807, 2.05) is 0 Å².